The third-order valence-corrected chi connectivity index (χ3v) is 8.05. The van der Waals surface area contributed by atoms with Crippen molar-refractivity contribution in [2.45, 2.75) is 51.1 Å². The molecule has 2 aromatic rings. The molecule has 1 saturated carbocycles. The van der Waals surface area contributed by atoms with Crippen LogP contribution < -0.4 is 9.47 Å². The SMILES string of the molecule is COc1cccc(OC)c1C(=O)[P](=O)C1(C(=O)c2c(C)cccc2C)CCCCC1. The highest BCUT2D eigenvalue weighted by Gasteiger charge is 2.50. The number of carbonyl (C=O) groups is 2. The summed E-state index contributed by atoms with van der Waals surface area (Å²) in [6.45, 7) is 3.77. The molecule has 0 bridgehead atoms. The first-order chi connectivity index (χ1) is 14.4. The molecular formula is C24H28O5P. The smallest absolute Gasteiger partial charge is 0.250 e. The Kier molecular flexibility index (Phi) is 6.72. The van der Waals surface area contributed by atoms with Crippen LogP contribution in [0.3, 0.4) is 0 Å². The summed E-state index contributed by atoms with van der Waals surface area (Å²) in [5.74, 6) is 0.419. The van der Waals surface area contributed by atoms with Crippen LogP contribution in [0.25, 0.3) is 0 Å². The van der Waals surface area contributed by atoms with Crippen molar-refractivity contribution in [3.8, 4) is 11.5 Å². The molecule has 1 atom stereocenters. The molecule has 1 radical (unpaired) electrons. The molecule has 0 amide bonds. The Morgan fingerprint density at radius 3 is 1.83 bits per heavy atom. The van der Waals surface area contributed by atoms with E-state index in [1.54, 1.807) is 18.2 Å². The summed E-state index contributed by atoms with van der Waals surface area (Å²) >= 11 is 0. The van der Waals surface area contributed by atoms with E-state index in [0.29, 0.717) is 29.9 Å². The topological polar surface area (TPSA) is 69.7 Å². The minimum Gasteiger partial charge on any atom is -0.496 e. The predicted molar refractivity (Wildman–Crippen MR) is 118 cm³/mol. The monoisotopic (exact) mass is 427 g/mol. The zero-order chi connectivity index (χ0) is 21.9. The number of rotatable bonds is 7. The molecule has 1 aliphatic rings. The Bertz CT molecular complexity index is 947. The van der Waals surface area contributed by atoms with E-state index in [2.05, 4.69) is 0 Å². The quantitative estimate of drug-likeness (QED) is 0.408. The maximum Gasteiger partial charge on any atom is 0.250 e. The first-order valence-corrected chi connectivity index (χ1v) is 11.5. The van der Waals surface area contributed by atoms with Gasteiger partial charge in [0.2, 0.25) is 5.52 Å². The highest BCUT2D eigenvalue weighted by Crippen LogP contribution is 2.54. The van der Waals surface area contributed by atoms with E-state index in [4.69, 9.17) is 9.47 Å². The standard InChI is InChI=1S/C24H28O5P/c1-16-10-8-11-17(2)20(16)22(25)24(14-6-5-7-15-24)30(27)23(26)21-18(28-3)12-9-13-19(21)29-4/h8-13H,5-7,14-15H2,1-4H3. The second-order valence-electron chi connectivity index (χ2n) is 7.83. The van der Waals surface area contributed by atoms with E-state index in [1.807, 2.05) is 32.0 Å². The summed E-state index contributed by atoms with van der Waals surface area (Å²) in [7, 11) is 0.360. The van der Waals surface area contributed by atoms with Crippen LogP contribution in [0.2, 0.25) is 0 Å². The third-order valence-electron chi connectivity index (χ3n) is 6.03. The van der Waals surface area contributed by atoms with Gasteiger partial charge in [-0.05, 0) is 49.9 Å². The van der Waals surface area contributed by atoms with E-state index in [1.165, 1.54) is 14.2 Å². The highest BCUT2D eigenvalue weighted by atomic mass is 31.1. The summed E-state index contributed by atoms with van der Waals surface area (Å²) in [5, 5.41) is -1.20. The van der Waals surface area contributed by atoms with Crippen LogP contribution >= 0.6 is 7.80 Å². The number of hydrogen-bond donors (Lipinski definition) is 0. The number of hydrogen-bond acceptors (Lipinski definition) is 5. The molecule has 5 nitrogen and oxygen atoms in total. The van der Waals surface area contributed by atoms with Gasteiger partial charge in [-0.15, -0.1) is 0 Å². The fourth-order valence-corrected chi connectivity index (χ4v) is 6.25. The number of ketones is 1. The second-order valence-corrected chi connectivity index (χ2v) is 9.68. The van der Waals surface area contributed by atoms with Crippen LogP contribution in [0.1, 0.15) is 63.9 Å². The minimum absolute atomic E-state index is 0.142. The van der Waals surface area contributed by atoms with Crippen LogP contribution in [0.5, 0.6) is 11.5 Å². The number of benzene rings is 2. The van der Waals surface area contributed by atoms with Gasteiger partial charge in [-0.2, -0.15) is 0 Å². The molecule has 0 saturated heterocycles. The lowest BCUT2D eigenvalue weighted by Crippen LogP contribution is -2.39. The molecule has 1 unspecified atom stereocenters. The van der Waals surface area contributed by atoms with Crippen molar-refractivity contribution < 1.29 is 23.6 Å². The van der Waals surface area contributed by atoms with Gasteiger partial charge < -0.3 is 9.47 Å². The van der Waals surface area contributed by atoms with E-state index in [9.17, 15) is 14.2 Å². The van der Waals surface area contributed by atoms with Crippen LogP contribution in [-0.4, -0.2) is 30.7 Å². The number of methoxy groups -OCH3 is 2. The van der Waals surface area contributed by atoms with Gasteiger partial charge in [0, 0.05) is 5.56 Å². The molecule has 3 rings (SSSR count). The summed E-state index contributed by atoms with van der Waals surface area (Å²) < 4.78 is 24.6. The number of ether oxygens (including phenoxy) is 2. The first-order valence-electron chi connectivity index (χ1n) is 10.2. The van der Waals surface area contributed by atoms with Crippen molar-refractivity contribution in [3.63, 3.8) is 0 Å². The Morgan fingerprint density at radius 2 is 1.33 bits per heavy atom. The molecule has 0 heterocycles. The van der Waals surface area contributed by atoms with Crippen LogP contribution in [0.4, 0.5) is 0 Å². The Balaban J connectivity index is 2.12. The molecule has 159 valence electrons. The molecule has 30 heavy (non-hydrogen) atoms. The molecule has 0 aromatic heterocycles. The van der Waals surface area contributed by atoms with Gasteiger partial charge in [0.1, 0.15) is 22.2 Å². The summed E-state index contributed by atoms with van der Waals surface area (Å²) in [4.78, 5) is 27.4. The Hall–Kier alpha value is -2.52. The van der Waals surface area contributed by atoms with E-state index in [0.717, 1.165) is 30.4 Å². The fourth-order valence-electron chi connectivity index (χ4n) is 4.42. The lowest BCUT2D eigenvalue weighted by molar-refractivity contribution is 0.0901. The Labute approximate surface area is 178 Å². The van der Waals surface area contributed by atoms with Gasteiger partial charge >= 0.3 is 0 Å². The van der Waals surface area contributed by atoms with Crippen LogP contribution in [0, 0.1) is 13.8 Å². The van der Waals surface area contributed by atoms with Crippen molar-refractivity contribution in [2.75, 3.05) is 14.2 Å². The first kappa shape index (κ1) is 22.2. The van der Waals surface area contributed by atoms with Gasteiger partial charge in [-0.3, -0.25) is 14.2 Å². The predicted octanol–water partition coefficient (Wildman–Crippen LogP) is 5.87. The van der Waals surface area contributed by atoms with E-state index < -0.39 is 18.5 Å². The van der Waals surface area contributed by atoms with Crippen molar-refractivity contribution in [1.82, 2.24) is 0 Å². The minimum atomic E-state index is -2.55. The third kappa shape index (κ3) is 3.79. The molecule has 0 spiro atoms. The molecule has 6 heteroatoms. The zero-order valence-electron chi connectivity index (χ0n) is 18.0. The van der Waals surface area contributed by atoms with Crippen molar-refractivity contribution >= 4 is 19.1 Å². The Morgan fingerprint density at radius 1 is 0.833 bits per heavy atom. The summed E-state index contributed by atoms with van der Waals surface area (Å²) in [5.41, 5.74) is 1.83. The van der Waals surface area contributed by atoms with Gasteiger partial charge in [0.25, 0.3) is 0 Å². The normalized spacial score (nSPS) is 15.9. The average molecular weight is 427 g/mol. The summed E-state index contributed by atoms with van der Waals surface area (Å²) in [6.07, 6.45) is 3.40. The van der Waals surface area contributed by atoms with E-state index in [-0.39, 0.29) is 11.3 Å². The highest BCUT2D eigenvalue weighted by molar-refractivity contribution is 7.67. The largest absolute Gasteiger partial charge is 0.496 e. The maximum absolute atomic E-state index is 13.9. The molecule has 0 N–H and O–H groups in total. The number of carbonyl (C=O) groups excluding carboxylic acids is 2. The van der Waals surface area contributed by atoms with Crippen molar-refractivity contribution in [2.24, 2.45) is 0 Å². The molecule has 1 fully saturated rings. The molecule has 0 aliphatic heterocycles. The van der Waals surface area contributed by atoms with Crippen molar-refractivity contribution in [1.29, 1.82) is 0 Å². The average Bonchev–Trinajstić information content (AvgIpc) is 2.77. The maximum atomic E-state index is 13.9. The fraction of sp³-hybridized carbons (Fsp3) is 0.417. The number of Topliss-reactive ketones (excluding diaryl/α,β-unsaturated/α-hetero) is 1. The summed E-state index contributed by atoms with van der Waals surface area (Å²) in [6, 6.07) is 10.7. The van der Waals surface area contributed by atoms with E-state index >= 15 is 0 Å². The molecule has 2 aromatic carbocycles. The van der Waals surface area contributed by atoms with Gasteiger partial charge in [0.05, 0.1) is 14.2 Å². The molecular weight excluding hydrogens is 399 g/mol. The second kappa shape index (κ2) is 9.09. The van der Waals surface area contributed by atoms with Crippen LogP contribution in [0.15, 0.2) is 36.4 Å². The number of aryl methyl sites for hydroxylation is 2. The van der Waals surface area contributed by atoms with Crippen LogP contribution in [-0.2, 0) is 4.57 Å². The molecule has 1 aliphatic carbocycles. The van der Waals surface area contributed by atoms with Gasteiger partial charge in [0.15, 0.2) is 13.6 Å². The lowest BCUT2D eigenvalue weighted by atomic mass is 9.80. The van der Waals surface area contributed by atoms with Gasteiger partial charge in [-0.1, -0.05) is 43.5 Å². The zero-order valence-corrected chi connectivity index (χ0v) is 18.9. The lowest BCUT2D eigenvalue weighted by Gasteiger charge is -2.35. The van der Waals surface area contributed by atoms with Crippen molar-refractivity contribution in [3.05, 3.63) is 58.7 Å². The van der Waals surface area contributed by atoms with Gasteiger partial charge in [-0.25, -0.2) is 0 Å².